The van der Waals surface area contributed by atoms with Crippen LogP contribution in [0.15, 0.2) is 22.7 Å². The normalized spacial score (nSPS) is 12.2. The van der Waals surface area contributed by atoms with E-state index in [-0.39, 0.29) is 5.97 Å². The van der Waals surface area contributed by atoms with Crippen LogP contribution in [-0.4, -0.2) is 23.0 Å². The van der Waals surface area contributed by atoms with Crippen molar-refractivity contribution in [1.82, 2.24) is 0 Å². The van der Waals surface area contributed by atoms with E-state index < -0.39 is 10.8 Å². The number of methoxy groups -OCH3 is 1. The maximum absolute atomic E-state index is 11.9. The summed E-state index contributed by atoms with van der Waals surface area (Å²) >= 11 is 3.41. The SMILES string of the molecule is CCCCCS(=O)Cc1ccc(C(=O)OC)cc1Br. The molecule has 0 amide bonds. The molecule has 0 aliphatic heterocycles. The fraction of sp³-hybridized carbons (Fsp3) is 0.500. The van der Waals surface area contributed by atoms with Crippen LogP contribution in [0.2, 0.25) is 0 Å². The number of hydrogen-bond donors (Lipinski definition) is 0. The summed E-state index contributed by atoms with van der Waals surface area (Å²) in [4.78, 5) is 11.4. The van der Waals surface area contributed by atoms with E-state index in [4.69, 9.17) is 0 Å². The predicted molar refractivity (Wildman–Crippen MR) is 81.7 cm³/mol. The first kappa shape index (κ1) is 16.4. The number of carbonyl (C=O) groups excluding carboxylic acids is 1. The zero-order valence-corrected chi connectivity index (χ0v) is 13.7. The van der Waals surface area contributed by atoms with E-state index in [1.165, 1.54) is 7.11 Å². The Labute approximate surface area is 125 Å². The van der Waals surface area contributed by atoms with E-state index >= 15 is 0 Å². The van der Waals surface area contributed by atoms with Crippen molar-refractivity contribution in [3.8, 4) is 0 Å². The number of unbranched alkanes of at least 4 members (excludes halogenated alkanes) is 2. The van der Waals surface area contributed by atoms with Crippen LogP contribution in [0.3, 0.4) is 0 Å². The molecule has 1 aromatic carbocycles. The predicted octanol–water partition coefficient (Wildman–Crippen LogP) is 3.67. The van der Waals surface area contributed by atoms with Gasteiger partial charge in [-0.15, -0.1) is 0 Å². The van der Waals surface area contributed by atoms with Crippen molar-refractivity contribution in [2.75, 3.05) is 12.9 Å². The number of ether oxygens (including phenoxy) is 1. The van der Waals surface area contributed by atoms with Gasteiger partial charge in [0.2, 0.25) is 0 Å². The molecule has 5 heteroatoms. The molecule has 106 valence electrons. The molecule has 1 atom stereocenters. The molecule has 0 aliphatic carbocycles. The van der Waals surface area contributed by atoms with Crippen molar-refractivity contribution in [3.63, 3.8) is 0 Å². The first-order chi connectivity index (χ1) is 9.08. The summed E-state index contributed by atoms with van der Waals surface area (Å²) in [5, 5.41) is 0. The molecular weight excluding hydrogens is 328 g/mol. The maximum atomic E-state index is 11.9. The summed E-state index contributed by atoms with van der Waals surface area (Å²) < 4.78 is 17.4. The lowest BCUT2D eigenvalue weighted by Gasteiger charge is -2.07. The third-order valence-electron chi connectivity index (χ3n) is 2.77. The lowest BCUT2D eigenvalue weighted by Crippen LogP contribution is -2.04. The fourth-order valence-corrected chi connectivity index (χ4v) is 3.64. The minimum atomic E-state index is -0.848. The second-order valence-corrected chi connectivity index (χ2v) is 6.72. The zero-order chi connectivity index (χ0) is 14.3. The number of esters is 1. The Morgan fingerprint density at radius 3 is 2.68 bits per heavy atom. The summed E-state index contributed by atoms with van der Waals surface area (Å²) in [6, 6.07) is 5.24. The molecule has 0 bridgehead atoms. The van der Waals surface area contributed by atoms with Gasteiger partial charge in [0.15, 0.2) is 0 Å². The van der Waals surface area contributed by atoms with Crippen molar-refractivity contribution in [3.05, 3.63) is 33.8 Å². The summed E-state index contributed by atoms with van der Waals surface area (Å²) in [6.45, 7) is 2.13. The first-order valence-electron chi connectivity index (χ1n) is 6.30. The first-order valence-corrected chi connectivity index (χ1v) is 8.58. The summed E-state index contributed by atoms with van der Waals surface area (Å²) in [5.41, 5.74) is 1.46. The molecule has 0 aromatic heterocycles. The average Bonchev–Trinajstić information content (AvgIpc) is 2.40. The molecule has 1 rings (SSSR count). The van der Waals surface area contributed by atoms with Gasteiger partial charge in [0, 0.05) is 26.8 Å². The molecule has 0 saturated heterocycles. The number of hydrogen-bond acceptors (Lipinski definition) is 3. The van der Waals surface area contributed by atoms with Gasteiger partial charge in [-0.3, -0.25) is 4.21 Å². The minimum absolute atomic E-state index is 0.365. The lowest BCUT2D eigenvalue weighted by molar-refractivity contribution is 0.0600. The third kappa shape index (κ3) is 5.45. The van der Waals surface area contributed by atoms with Gasteiger partial charge in [-0.2, -0.15) is 0 Å². The quantitative estimate of drug-likeness (QED) is 0.558. The third-order valence-corrected chi connectivity index (χ3v) is 4.88. The molecule has 1 aromatic rings. The standard InChI is InChI=1S/C14H19BrO3S/c1-3-4-5-8-19(17)10-12-7-6-11(9-13(12)15)14(16)18-2/h6-7,9H,3-5,8,10H2,1-2H3. The smallest absolute Gasteiger partial charge is 0.337 e. The highest BCUT2D eigenvalue weighted by Gasteiger charge is 2.10. The summed E-state index contributed by atoms with van der Waals surface area (Å²) in [5.74, 6) is 0.890. The van der Waals surface area contributed by atoms with Crippen molar-refractivity contribution in [2.24, 2.45) is 0 Å². The van der Waals surface area contributed by atoms with Crippen molar-refractivity contribution in [2.45, 2.75) is 31.9 Å². The number of halogens is 1. The van der Waals surface area contributed by atoms with Crippen LogP contribution >= 0.6 is 15.9 Å². The summed E-state index contributed by atoms with van der Waals surface area (Å²) in [7, 11) is 0.506. The van der Waals surface area contributed by atoms with E-state index in [0.29, 0.717) is 11.3 Å². The van der Waals surface area contributed by atoms with Crippen LogP contribution in [-0.2, 0) is 21.3 Å². The molecule has 19 heavy (non-hydrogen) atoms. The van der Waals surface area contributed by atoms with Crippen molar-refractivity contribution >= 4 is 32.7 Å². The Morgan fingerprint density at radius 2 is 2.11 bits per heavy atom. The zero-order valence-electron chi connectivity index (χ0n) is 11.3. The van der Waals surface area contributed by atoms with Gasteiger partial charge >= 0.3 is 5.97 Å². The second-order valence-electron chi connectivity index (χ2n) is 4.29. The highest BCUT2D eigenvalue weighted by atomic mass is 79.9. The van der Waals surface area contributed by atoms with Crippen LogP contribution in [0.1, 0.15) is 42.1 Å². The van der Waals surface area contributed by atoms with Gasteiger partial charge in [0.25, 0.3) is 0 Å². The van der Waals surface area contributed by atoms with E-state index in [1.54, 1.807) is 12.1 Å². The highest BCUT2D eigenvalue weighted by Crippen LogP contribution is 2.21. The van der Waals surface area contributed by atoms with E-state index in [9.17, 15) is 9.00 Å². The molecule has 0 aliphatic rings. The van der Waals surface area contributed by atoms with Gasteiger partial charge in [-0.25, -0.2) is 4.79 Å². The van der Waals surface area contributed by atoms with E-state index in [1.807, 2.05) is 6.07 Å². The maximum Gasteiger partial charge on any atom is 0.337 e. The van der Waals surface area contributed by atoms with Gasteiger partial charge in [-0.1, -0.05) is 41.8 Å². The van der Waals surface area contributed by atoms with E-state index in [0.717, 1.165) is 35.1 Å². The van der Waals surface area contributed by atoms with Crippen LogP contribution < -0.4 is 0 Å². The molecule has 0 radical (unpaired) electrons. The number of benzene rings is 1. The molecule has 3 nitrogen and oxygen atoms in total. The largest absolute Gasteiger partial charge is 0.465 e. The van der Waals surface area contributed by atoms with Crippen LogP contribution in [0.5, 0.6) is 0 Å². The molecule has 0 fully saturated rings. The Bertz CT molecular complexity index is 460. The Kier molecular flexibility index (Phi) is 7.31. The molecule has 0 spiro atoms. The minimum Gasteiger partial charge on any atom is -0.465 e. The van der Waals surface area contributed by atoms with E-state index in [2.05, 4.69) is 27.6 Å². The topological polar surface area (TPSA) is 43.4 Å². The Balaban J connectivity index is 2.64. The lowest BCUT2D eigenvalue weighted by atomic mass is 10.1. The fourth-order valence-electron chi connectivity index (χ4n) is 1.67. The van der Waals surface area contributed by atoms with Crippen LogP contribution in [0, 0.1) is 0 Å². The van der Waals surface area contributed by atoms with Crippen molar-refractivity contribution < 1.29 is 13.7 Å². The molecule has 0 N–H and O–H groups in total. The molecule has 0 heterocycles. The molecule has 0 saturated carbocycles. The Hall–Kier alpha value is -0.680. The van der Waals surface area contributed by atoms with Crippen LogP contribution in [0.4, 0.5) is 0 Å². The van der Waals surface area contributed by atoms with Crippen LogP contribution in [0.25, 0.3) is 0 Å². The number of carbonyl (C=O) groups is 1. The second kappa shape index (κ2) is 8.48. The van der Waals surface area contributed by atoms with Crippen molar-refractivity contribution in [1.29, 1.82) is 0 Å². The monoisotopic (exact) mass is 346 g/mol. The molecular formula is C14H19BrO3S. The Morgan fingerprint density at radius 1 is 1.37 bits per heavy atom. The number of rotatable bonds is 7. The highest BCUT2D eigenvalue weighted by molar-refractivity contribution is 9.10. The van der Waals surface area contributed by atoms with Gasteiger partial charge in [-0.05, 0) is 24.1 Å². The van der Waals surface area contributed by atoms with Gasteiger partial charge in [0.1, 0.15) is 0 Å². The molecule has 1 unspecified atom stereocenters. The average molecular weight is 347 g/mol. The van der Waals surface area contributed by atoms with Gasteiger partial charge < -0.3 is 4.74 Å². The summed E-state index contributed by atoms with van der Waals surface area (Å²) in [6.07, 6.45) is 3.25. The van der Waals surface area contributed by atoms with Gasteiger partial charge in [0.05, 0.1) is 12.7 Å².